The third kappa shape index (κ3) is 2.68. The molecular formula is C22H18N4OS. The second-order valence-electron chi connectivity index (χ2n) is 6.66. The molecule has 0 aliphatic carbocycles. The van der Waals surface area contributed by atoms with Crippen molar-refractivity contribution >= 4 is 23.5 Å². The van der Waals surface area contributed by atoms with Crippen LogP contribution in [-0.2, 0) is 11.3 Å². The average Bonchev–Trinajstić information content (AvgIpc) is 3.14. The van der Waals surface area contributed by atoms with Gasteiger partial charge in [0.25, 0.3) is 0 Å². The Kier molecular flexibility index (Phi) is 4.13. The minimum Gasteiger partial charge on any atom is -0.311 e. The zero-order valence-corrected chi connectivity index (χ0v) is 16.2. The highest BCUT2D eigenvalue weighted by Crippen LogP contribution is 2.45. The third-order valence-corrected chi connectivity index (χ3v) is 5.64. The predicted molar refractivity (Wildman–Crippen MR) is 113 cm³/mol. The van der Waals surface area contributed by atoms with Crippen LogP contribution in [0.15, 0.2) is 65.8 Å². The smallest absolute Gasteiger partial charge is 0.227 e. The number of amides is 1. The van der Waals surface area contributed by atoms with Crippen molar-refractivity contribution in [2.75, 3.05) is 11.6 Å². The van der Waals surface area contributed by atoms with Crippen LogP contribution < -0.4 is 5.32 Å². The third-order valence-electron chi connectivity index (χ3n) is 4.96. The molecule has 0 bridgehead atoms. The lowest BCUT2D eigenvalue weighted by Crippen LogP contribution is -2.26. The maximum Gasteiger partial charge on any atom is 0.227 e. The Hall–Kier alpha value is -3.12. The van der Waals surface area contributed by atoms with Gasteiger partial charge in [0.1, 0.15) is 11.5 Å². The molecule has 0 saturated heterocycles. The fourth-order valence-corrected chi connectivity index (χ4v) is 4.26. The van der Waals surface area contributed by atoms with Gasteiger partial charge in [-0.1, -0.05) is 72.4 Å². The first kappa shape index (κ1) is 17.0. The lowest BCUT2D eigenvalue weighted by atomic mass is 10.0. The molecule has 6 heteroatoms. The Balaban J connectivity index is 1.87. The fraction of sp³-hybridized carbons (Fsp3) is 0.136. The SMILES string of the molecule is CSc1nc2c(-c3ccccc3)nc(-c3ccccc3)c-2c2n1CCC(=O)N2. The van der Waals surface area contributed by atoms with E-state index < -0.39 is 0 Å². The molecule has 0 saturated carbocycles. The van der Waals surface area contributed by atoms with Crippen molar-refractivity contribution in [1.82, 2.24) is 14.5 Å². The molecule has 0 fully saturated rings. The number of carbonyl (C=O) groups excluding carboxylic acids is 1. The van der Waals surface area contributed by atoms with Crippen molar-refractivity contribution in [3.8, 4) is 33.8 Å². The van der Waals surface area contributed by atoms with Crippen molar-refractivity contribution in [2.45, 2.75) is 18.1 Å². The average molecular weight is 386 g/mol. The number of fused-ring (bicyclic) bond motifs is 3. The standard InChI is InChI=1S/C22H18N4OS/c1-28-22-25-20-17(21-23-16(27)12-13-26(21)22)18(14-8-4-2-5-9-14)24-19(20)15-10-6-3-7-11-15/h2-11H,12-13H2,1H3,(H,23,27). The van der Waals surface area contributed by atoms with E-state index in [0.29, 0.717) is 13.0 Å². The van der Waals surface area contributed by atoms with Gasteiger partial charge in [-0.3, -0.25) is 4.79 Å². The molecule has 1 N–H and O–H groups in total. The summed E-state index contributed by atoms with van der Waals surface area (Å²) in [5.41, 5.74) is 5.43. The zero-order valence-electron chi connectivity index (χ0n) is 15.3. The van der Waals surface area contributed by atoms with E-state index in [0.717, 1.165) is 44.7 Å². The molecule has 2 aromatic carbocycles. The van der Waals surface area contributed by atoms with Crippen LogP contribution in [-0.4, -0.2) is 26.7 Å². The highest BCUT2D eigenvalue weighted by atomic mass is 32.2. The summed E-state index contributed by atoms with van der Waals surface area (Å²) < 4.78 is 2.09. The number of hydrogen-bond acceptors (Lipinski definition) is 4. The molecule has 0 radical (unpaired) electrons. The van der Waals surface area contributed by atoms with Gasteiger partial charge >= 0.3 is 0 Å². The van der Waals surface area contributed by atoms with E-state index in [2.05, 4.69) is 9.88 Å². The number of hydrogen-bond donors (Lipinski definition) is 1. The van der Waals surface area contributed by atoms with Crippen LogP contribution in [0.1, 0.15) is 6.42 Å². The van der Waals surface area contributed by atoms with Crippen LogP contribution in [0.25, 0.3) is 33.8 Å². The largest absolute Gasteiger partial charge is 0.311 e. The molecule has 0 spiro atoms. The second-order valence-corrected chi connectivity index (χ2v) is 7.43. The van der Waals surface area contributed by atoms with Crippen LogP contribution in [0.3, 0.4) is 0 Å². The highest BCUT2D eigenvalue weighted by molar-refractivity contribution is 7.98. The summed E-state index contributed by atoms with van der Waals surface area (Å²) in [7, 11) is 0. The van der Waals surface area contributed by atoms with Gasteiger partial charge < -0.3 is 9.88 Å². The minimum absolute atomic E-state index is 0.0287. The van der Waals surface area contributed by atoms with Gasteiger partial charge in [-0.15, -0.1) is 0 Å². The van der Waals surface area contributed by atoms with Crippen LogP contribution in [0, 0.1) is 0 Å². The molecule has 0 atom stereocenters. The van der Waals surface area contributed by atoms with E-state index >= 15 is 0 Å². The van der Waals surface area contributed by atoms with Crippen molar-refractivity contribution in [3.63, 3.8) is 0 Å². The minimum atomic E-state index is 0.0287. The van der Waals surface area contributed by atoms with E-state index in [1.54, 1.807) is 11.8 Å². The first-order valence-electron chi connectivity index (χ1n) is 9.15. The number of anilines is 1. The topological polar surface area (TPSA) is 59.8 Å². The molecule has 3 heterocycles. The van der Waals surface area contributed by atoms with E-state index in [-0.39, 0.29) is 5.91 Å². The first-order chi connectivity index (χ1) is 13.8. The maximum absolute atomic E-state index is 12.2. The quantitative estimate of drug-likeness (QED) is 0.407. The summed E-state index contributed by atoms with van der Waals surface area (Å²) in [6, 6.07) is 20.2. The van der Waals surface area contributed by atoms with Gasteiger partial charge in [0.2, 0.25) is 5.91 Å². The van der Waals surface area contributed by atoms with Crippen molar-refractivity contribution in [1.29, 1.82) is 0 Å². The van der Waals surface area contributed by atoms with Crippen molar-refractivity contribution in [2.24, 2.45) is 0 Å². The number of thioether (sulfide) groups is 1. The van der Waals surface area contributed by atoms with Gasteiger partial charge in [-0.2, -0.15) is 0 Å². The van der Waals surface area contributed by atoms with E-state index in [1.165, 1.54) is 0 Å². The Morgan fingerprint density at radius 2 is 1.54 bits per heavy atom. The normalized spacial score (nSPS) is 13.4. The highest BCUT2D eigenvalue weighted by Gasteiger charge is 2.31. The number of aromatic nitrogens is 3. The molecule has 0 aromatic heterocycles. The molecular weight excluding hydrogens is 368 g/mol. The molecule has 138 valence electrons. The summed E-state index contributed by atoms with van der Waals surface area (Å²) in [4.78, 5) is 22.2. The van der Waals surface area contributed by atoms with Gasteiger partial charge in [0.05, 0.1) is 17.0 Å². The molecule has 3 aliphatic rings. The number of carbonyl (C=O) groups is 1. The Morgan fingerprint density at radius 1 is 0.893 bits per heavy atom. The molecule has 5 rings (SSSR count). The van der Waals surface area contributed by atoms with Crippen LogP contribution in [0.2, 0.25) is 0 Å². The molecule has 2 aromatic rings. The van der Waals surface area contributed by atoms with Gasteiger partial charge in [0.15, 0.2) is 5.16 Å². The Bertz CT molecular complexity index is 1140. The van der Waals surface area contributed by atoms with E-state index in [1.807, 2.05) is 66.9 Å². The van der Waals surface area contributed by atoms with Gasteiger partial charge in [0, 0.05) is 24.1 Å². The zero-order chi connectivity index (χ0) is 19.1. The Morgan fingerprint density at radius 3 is 2.18 bits per heavy atom. The maximum atomic E-state index is 12.2. The number of nitrogens with one attached hydrogen (secondary N) is 1. The monoisotopic (exact) mass is 386 g/mol. The van der Waals surface area contributed by atoms with Crippen LogP contribution >= 0.6 is 11.8 Å². The lowest BCUT2D eigenvalue weighted by Gasteiger charge is -2.25. The van der Waals surface area contributed by atoms with Crippen molar-refractivity contribution < 1.29 is 4.79 Å². The summed E-state index contributed by atoms with van der Waals surface area (Å²) in [5.74, 6) is 0.820. The second kappa shape index (κ2) is 6.80. The molecule has 3 aliphatic heterocycles. The molecule has 0 unspecified atom stereocenters. The van der Waals surface area contributed by atoms with E-state index in [9.17, 15) is 4.79 Å². The summed E-state index contributed by atoms with van der Waals surface area (Å²) in [6.07, 6.45) is 2.47. The molecule has 5 nitrogen and oxygen atoms in total. The van der Waals surface area contributed by atoms with Crippen LogP contribution in [0.5, 0.6) is 0 Å². The summed E-state index contributed by atoms with van der Waals surface area (Å²) >= 11 is 1.58. The number of benzene rings is 2. The van der Waals surface area contributed by atoms with Crippen LogP contribution in [0.4, 0.5) is 5.82 Å². The first-order valence-corrected chi connectivity index (χ1v) is 10.4. The van der Waals surface area contributed by atoms with Crippen molar-refractivity contribution in [3.05, 3.63) is 60.7 Å². The number of rotatable bonds is 3. The Labute approximate surface area is 167 Å². The van der Waals surface area contributed by atoms with Gasteiger partial charge in [-0.25, -0.2) is 9.97 Å². The van der Waals surface area contributed by atoms with Gasteiger partial charge in [-0.05, 0) is 6.26 Å². The summed E-state index contributed by atoms with van der Waals surface area (Å²) in [6.45, 7) is 0.625. The summed E-state index contributed by atoms with van der Waals surface area (Å²) in [5, 5.41) is 3.96. The lowest BCUT2D eigenvalue weighted by molar-refractivity contribution is -0.116. The number of nitrogens with zero attached hydrogens (tertiary/aromatic N) is 3. The molecule has 1 amide bonds. The fourth-order valence-electron chi connectivity index (χ4n) is 3.67. The predicted octanol–water partition coefficient (Wildman–Crippen LogP) is 4.78. The molecule has 28 heavy (non-hydrogen) atoms. The van der Waals surface area contributed by atoms with E-state index in [4.69, 9.17) is 9.97 Å².